The maximum Gasteiger partial charge on any atom is 0.264 e. The molecule has 2 aliphatic rings. The van der Waals surface area contributed by atoms with Crippen molar-refractivity contribution < 1.29 is 9.59 Å². The van der Waals surface area contributed by atoms with Gasteiger partial charge in [0.2, 0.25) is 5.91 Å². The molecule has 0 saturated carbocycles. The van der Waals surface area contributed by atoms with Crippen LogP contribution >= 0.6 is 0 Å². The maximum atomic E-state index is 14.3. The summed E-state index contributed by atoms with van der Waals surface area (Å²) in [6, 6.07) is 16.1. The van der Waals surface area contributed by atoms with E-state index in [1.165, 1.54) is 0 Å². The molecule has 1 N–H and O–H groups in total. The van der Waals surface area contributed by atoms with E-state index in [1.54, 1.807) is 0 Å². The summed E-state index contributed by atoms with van der Waals surface area (Å²) < 4.78 is 0. The standard InChI is InChI=1S/C26H29N3O2/c1-16(2)15-23(30)28-14-13-19-18-9-5-7-11-21(18)27-24(19)26(28)20-10-6-8-12-22(20)29(17(3)4)25(26)31/h5-12,16-17,27H,13-15H2,1-4H3/t26-/m0/s1. The van der Waals surface area contributed by atoms with Crippen LogP contribution in [0, 0.1) is 5.92 Å². The summed E-state index contributed by atoms with van der Waals surface area (Å²) in [4.78, 5) is 35.2. The number of benzene rings is 2. The Morgan fingerprint density at radius 3 is 2.52 bits per heavy atom. The number of nitrogens with zero attached hydrogens (tertiary/aromatic N) is 2. The van der Waals surface area contributed by atoms with Crippen LogP contribution in [0.1, 0.15) is 50.9 Å². The zero-order valence-electron chi connectivity index (χ0n) is 18.6. The van der Waals surface area contributed by atoms with E-state index in [9.17, 15) is 9.59 Å². The molecule has 5 rings (SSSR count). The van der Waals surface area contributed by atoms with Crippen LogP contribution in [0.3, 0.4) is 0 Å². The molecule has 0 bridgehead atoms. The Kier molecular flexibility index (Phi) is 4.47. The van der Waals surface area contributed by atoms with Crippen LogP contribution < -0.4 is 4.90 Å². The number of anilines is 1. The molecule has 5 heteroatoms. The van der Waals surface area contributed by atoms with Crippen LogP contribution in [0.25, 0.3) is 10.9 Å². The first-order valence-electron chi connectivity index (χ1n) is 11.2. The van der Waals surface area contributed by atoms with Gasteiger partial charge in [0.15, 0.2) is 5.54 Å². The van der Waals surface area contributed by atoms with Gasteiger partial charge in [-0.2, -0.15) is 0 Å². The molecule has 1 atom stereocenters. The Morgan fingerprint density at radius 1 is 1.06 bits per heavy atom. The van der Waals surface area contributed by atoms with Crippen LogP contribution in [0.4, 0.5) is 5.69 Å². The number of fused-ring (bicyclic) bond motifs is 6. The van der Waals surface area contributed by atoms with E-state index in [0.717, 1.165) is 39.8 Å². The maximum absolute atomic E-state index is 14.3. The highest BCUT2D eigenvalue weighted by molar-refractivity contribution is 6.13. The smallest absolute Gasteiger partial charge is 0.264 e. The number of carbonyl (C=O) groups is 2. The fourth-order valence-corrected chi connectivity index (χ4v) is 5.47. The van der Waals surface area contributed by atoms with Gasteiger partial charge in [0.1, 0.15) is 0 Å². The minimum absolute atomic E-state index is 0.00942. The number of amides is 2. The van der Waals surface area contributed by atoms with Crippen LogP contribution in [0.15, 0.2) is 48.5 Å². The normalized spacial score (nSPS) is 20.3. The Morgan fingerprint density at radius 2 is 1.77 bits per heavy atom. The highest BCUT2D eigenvalue weighted by atomic mass is 16.2. The predicted octanol–water partition coefficient (Wildman–Crippen LogP) is 4.60. The summed E-state index contributed by atoms with van der Waals surface area (Å²) in [7, 11) is 0. The van der Waals surface area contributed by atoms with E-state index in [4.69, 9.17) is 0 Å². The van der Waals surface area contributed by atoms with Crippen molar-refractivity contribution in [3.05, 3.63) is 65.4 Å². The summed E-state index contributed by atoms with van der Waals surface area (Å²) >= 11 is 0. The molecule has 3 aromatic rings. The second-order valence-electron chi connectivity index (χ2n) is 9.41. The minimum atomic E-state index is -1.14. The molecular formula is C26H29N3O2. The van der Waals surface area contributed by atoms with Gasteiger partial charge >= 0.3 is 0 Å². The molecule has 160 valence electrons. The van der Waals surface area contributed by atoms with Crippen molar-refractivity contribution in [3.8, 4) is 0 Å². The van der Waals surface area contributed by atoms with Crippen molar-refractivity contribution in [3.63, 3.8) is 0 Å². The monoisotopic (exact) mass is 415 g/mol. The van der Waals surface area contributed by atoms with Gasteiger partial charge in [0, 0.05) is 35.5 Å². The van der Waals surface area contributed by atoms with E-state index in [2.05, 4.69) is 11.1 Å². The minimum Gasteiger partial charge on any atom is -0.355 e. The molecule has 1 aromatic heterocycles. The van der Waals surface area contributed by atoms with Gasteiger partial charge in [0.25, 0.3) is 5.91 Å². The highest BCUT2D eigenvalue weighted by Crippen LogP contribution is 2.52. The van der Waals surface area contributed by atoms with Crippen molar-refractivity contribution in [1.29, 1.82) is 0 Å². The van der Waals surface area contributed by atoms with Crippen molar-refractivity contribution in [1.82, 2.24) is 9.88 Å². The number of para-hydroxylation sites is 2. The first-order chi connectivity index (χ1) is 14.9. The van der Waals surface area contributed by atoms with Crippen LogP contribution in [-0.4, -0.2) is 34.3 Å². The second kappa shape index (κ2) is 6.98. The molecule has 1 spiro atoms. The third-order valence-corrected chi connectivity index (χ3v) is 6.65. The zero-order chi connectivity index (χ0) is 21.9. The number of hydrogen-bond acceptors (Lipinski definition) is 2. The van der Waals surface area contributed by atoms with E-state index < -0.39 is 5.54 Å². The Bertz CT molecular complexity index is 1190. The summed E-state index contributed by atoms with van der Waals surface area (Å²) in [5.74, 6) is 0.225. The lowest BCUT2D eigenvalue weighted by molar-refractivity contribution is -0.145. The van der Waals surface area contributed by atoms with Gasteiger partial charge in [-0.3, -0.25) is 9.59 Å². The summed E-state index contributed by atoms with van der Waals surface area (Å²) in [6.07, 6.45) is 1.16. The average Bonchev–Trinajstić information content (AvgIpc) is 3.23. The van der Waals surface area contributed by atoms with Crippen molar-refractivity contribution in [2.75, 3.05) is 11.4 Å². The molecular weight excluding hydrogens is 386 g/mol. The molecule has 0 fully saturated rings. The van der Waals surface area contributed by atoms with Gasteiger partial charge in [0.05, 0.1) is 11.4 Å². The fraction of sp³-hybridized carbons (Fsp3) is 0.385. The number of hydrogen-bond donors (Lipinski definition) is 1. The molecule has 2 aromatic carbocycles. The lowest BCUT2D eigenvalue weighted by Crippen LogP contribution is -2.60. The average molecular weight is 416 g/mol. The van der Waals surface area contributed by atoms with E-state index >= 15 is 0 Å². The molecule has 0 radical (unpaired) electrons. The molecule has 2 amide bonds. The second-order valence-corrected chi connectivity index (χ2v) is 9.41. The zero-order valence-corrected chi connectivity index (χ0v) is 18.6. The summed E-state index contributed by atoms with van der Waals surface area (Å²) in [5.41, 5.74) is 3.68. The molecule has 0 saturated heterocycles. The van der Waals surface area contributed by atoms with Crippen molar-refractivity contribution in [2.45, 2.75) is 52.1 Å². The number of carbonyl (C=O) groups excluding carboxylic acids is 2. The topological polar surface area (TPSA) is 56.4 Å². The predicted molar refractivity (Wildman–Crippen MR) is 123 cm³/mol. The number of nitrogens with one attached hydrogen (secondary N) is 1. The van der Waals surface area contributed by atoms with E-state index in [-0.39, 0.29) is 23.8 Å². The van der Waals surface area contributed by atoms with E-state index in [0.29, 0.717) is 13.0 Å². The molecule has 0 aliphatic carbocycles. The van der Waals surface area contributed by atoms with Gasteiger partial charge in [-0.25, -0.2) is 0 Å². The first kappa shape index (κ1) is 19.9. The Labute approximate surface area is 183 Å². The Hall–Kier alpha value is -3.08. The quantitative estimate of drug-likeness (QED) is 0.680. The van der Waals surface area contributed by atoms with Gasteiger partial charge in [-0.1, -0.05) is 50.2 Å². The van der Waals surface area contributed by atoms with Gasteiger partial charge in [-0.15, -0.1) is 0 Å². The van der Waals surface area contributed by atoms with Crippen molar-refractivity contribution >= 4 is 28.4 Å². The third kappa shape index (κ3) is 2.62. The van der Waals surface area contributed by atoms with Crippen molar-refractivity contribution in [2.24, 2.45) is 5.92 Å². The number of aromatic amines is 1. The van der Waals surface area contributed by atoms with Crippen LogP contribution in [-0.2, 0) is 21.5 Å². The lowest BCUT2D eigenvalue weighted by Gasteiger charge is -2.44. The summed E-state index contributed by atoms with van der Waals surface area (Å²) in [6.45, 7) is 8.69. The number of aromatic nitrogens is 1. The summed E-state index contributed by atoms with van der Waals surface area (Å²) in [5, 5.41) is 1.14. The number of H-pyrrole nitrogens is 1. The van der Waals surface area contributed by atoms with Gasteiger partial charge in [-0.05, 0) is 43.9 Å². The lowest BCUT2D eigenvalue weighted by atomic mass is 9.79. The molecule has 5 nitrogen and oxygen atoms in total. The first-order valence-corrected chi connectivity index (χ1v) is 11.2. The molecule has 0 unspecified atom stereocenters. The molecule has 3 heterocycles. The largest absolute Gasteiger partial charge is 0.355 e. The van der Waals surface area contributed by atoms with Crippen LogP contribution in [0.2, 0.25) is 0 Å². The van der Waals surface area contributed by atoms with E-state index in [1.807, 2.05) is 80.0 Å². The SMILES string of the molecule is CC(C)CC(=O)N1CCc2c([nH]c3ccccc23)[C@@]12C(=O)N(C(C)C)c1ccccc12. The molecule has 31 heavy (non-hydrogen) atoms. The third-order valence-electron chi connectivity index (χ3n) is 6.65. The van der Waals surface area contributed by atoms with Crippen LogP contribution in [0.5, 0.6) is 0 Å². The number of rotatable bonds is 3. The molecule has 2 aliphatic heterocycles. The Balaban J connectivity index is 1.84. The van der Waals surface area contributed by atoms with Gasteiger partial charge < -0.3 is 14.8 Å². The highest BCUT2D eigenvalue weighted by Gasteiger charge is 2.60. The fourth-order valence-electron chi connectivity index (χ4n) is 5.47.